The third kappa shape index (κ3) is 5.43. The molecule has 0 fully saturated rings. The zero-order chi connectivity index (χ0) is 17.2. The van der Waals surface area contributed by atoms with Gasteiger partial charge in [-0.2, -0.15) is 0 Å². The van der Waals surface area contributed by atoms with Crippen LogP contribution in [0.2, 0.25) is 0 Å². The molecule has 0 amide bonds. The zero-order valence-corrected chi connectivity index (χ0v) is 13.9. The molecule has 24 heavy (non-hydrogen) atoms. The van der Waals surface area contributed by atoms with Gasteiger partial charge in [0.25, 0.3) is 0 Å². The first-order valence-corrected chi connectivity index (χ1v) is 8.17. The van der Waals surface area contributed by atoms with Crippen LogP contribution in [0.15, 0.2) is 60.7 Å². The van der Waals surface area contributed by atoms with Crippen molar-refractivity contribution < 1.29 is 9.53 Å². The molecule has 0 aliphatic heterocycles. The SMILES string of the molecule is CCCCOC(=O)C=Cc1ccccc1C(N)=Cc1ccccc1. The van der Waals surface area contributed by atoms with Gasteiger partial charge >= 0.3 is 5.97 Å². The molecular formula is C21H23NO2. The lowest BCUT2D eigenvalue weighted by atomic mass is 10.0. The molecule has 0 aliphatic carbocycles. The minimum absolute atomic E-state index is 0.330. The number of rotatable bonds is 7. The molecule has 0 aromatic heterocycles. The van der Waals surface area contributed by atoms with Crippen LogP contribution in [0.3, 0.4) is 0 Å². The maximum Gasteiger partial charge on any atom is 0.330 e. The molecule has 0 aliphatic rings. The van der Waals surface area contributed by atoms with E-state index in [1.807, 2.05) is 60.7 Å². The Hall–Kier alpha value is -2.81. The molecule has 0 saturated carbocycles. The largest absolute Gasteiger partial charge is 0.463 e. The van der Waals surface area contributed by atoms with Gasteiger partial charge in [0.05, 0.1) is 6.61 Å². The summed E-state index contributed by atoms with van der Waals surface area (Å²) in [6.45, 7) is 2.51. The van der Waals surface area contributed by atoms with Crippen molar-refractivity contribution in [2.24, 2.45) is 5.73 Å². The molecular weight excluding hydrogens is 298 g/mol. The summed E-state index contributed by atoms with van der Waals surface area (Å²) < 4.78 is 5.13. The maximum atomic E-state index is 11.7. The molecule has 3 heteroatoms. The number of benzene rings is 2. The highest BCUT2D eigenvalue weighted by atomic mass is 16.5. The minimum Gasteiger partial charge on any atom is -0.463 e. The van der Waals surface area contributed by atoms with Gasteiger partial charge in [-0.3, -0.25) is 0 Å². The summed E-state index contributed by atoms with van der Waals surface area (Å²) >= 11 is 0. The lowest BCUT2D eigenvalue weighted by Crippen LogP contribution is -2.02. The number of carbonyl (C=O) groups is 1. The van der Waals surface area contributed by atoms with Crippen molar-refractivity contribution in [3.05, 3.63) is 77.4 Å². The molecule has 3 nitrogen and oxygen atoms in total. The second-order valence-corrected chi connectivity index (χ2v) is 5.45. The van der Waals surface area contributed by atoms with E-state index in [2.05, 4.69) is 6.92 Å². The number of ether oxygens (including phenoxy) is 1. The Bertz CT molecular complexity index is 718. The predicted octanol–water partition coefficient (Wildman–Crippen LogP) is 4.50. The standard InChI is InChI=1S/C21H23NO2/c1-2-3-15-24-21(23)14-13-18-11-7-8-12-19(18)20(22)16-17-9-5-4-6-10-17/h4-14,16H,2-3,15,22H2,1H3. The molecule has 0 unspecified atom stereocenters. The molecule has 2 aromatic carbocycles. The van der Waals surface area contributed by atoms with Crippen molar-refractivity contribution in [3.8, 4) is 0 Å². The van der Waals surface area contributed by atoms with Crippen LogP contribution in [0.1, 0.15) is 36.5 Å². The summed E-state index contributed by atoms with van der Waals surface area (Å²) in [7, 11) is 0. The Labute approximate surface area is 143 Å². The van der Waals surface area contributed by atoms with E-state index in [0.29, 0.717) is 12.3 Å². The fourth-order valence-corrected chi connectivity index (χ4v) is 2.23. The summed E-state index contributed by atoms with van der Waals surface area (Å²) in [6.07, 6.45) is 7.00. The van der Waals surface area contributed by atoms with E-state index in [9.17, 15) is 4.79 Å². The van der Waals surface area contributed by atoms with Crippen LogP contribution < -0.4 is 5.73 Å². The summed E-state index contributed by atoms with van der Waals surface area (Å²) in [6, 6.07) is 17.6. The third-order valence-electron chi connectivity index (χ3n) is 3.53. The van der Waals surface area contributed by atoms with Crippen LogP contribution >= 0.6 is 0 Å². The first-order chi connectivity index (χ1) is 11.7. The van der Waals surface area contributed by atoms with Crippen molar-refractivity contribution in [2.45, 2.75) is 19.8 Å². The number of carbonyl (C=O) groups excluding carboxylic acids is 1. The second kappa shape index (κ2) is 9.36. The lowest BCUT2D eigenvalue weighted by molar-refractivity contribution is -0.137. The van der Waals surface area contributed by atoms with Crippen LogP contribution in [0, 0.1) is 0 Å². The molecule has 0 radical (unpaired) electrons. The van der Waals surface area contributed by atoms with Gasteiger partial charge in [-0.25, -0.2) is 4.79 Å². The van der Waals surface area contributed by atoms with Crippen LogP contribution in [-0.4, -0.2) is 12.6 Å². The molecule has 0 saturated heterocycles. The molecule has 2 N–H and O–H groups in total. The number of nitrogens with two attached hydrogens (primary N) is 1. The average molecular weight is 321 g/mol. The summed E-state index contributed by atoms with van der Waals surface area (Å²) in [5.41, 5.74) is 9.70. The van der Waals surface area contributed by atoms with Crippen molar-refractivity contribution in [3.63, 3.8) is 0 Å². The van der Waals surface area contributed by atoms with Gasteiger partial charge in [-0.15, -0.1) is 0 Å². The van der Waals surface area contributed by atoms with Crippen LogP contribution in [0.5, 0.6) is 0 Å². The van der Waals surface area contributed by atoms with Crippen molar-refractivity contribution in [1.29, 1.82) is 0 Å². The van der Waals surface area contributed by atoms with Gasteiger partial charge in [-0.05, 0) is 29.7 Å². The molecule has 124 valence electrons. The highest BCUT2D eigenvalue weighted by Gasteiger charge is 2.03. The van der Waals surface area contributed by atoms with Crippen molar-refractivity contribution >= 4 is 23.8 Å². The Morgan fingerprint density at radius 2 is 1.79 bits per heavy atom. The van der Waals surface area contributed by atoms with Gasteiger partial charge in [0.1, 0.15) is 0 Å². The highest BCUT2D eigenvalue weighted by Crippen LogP contribution is 2.19. The Morgan fingerprint density at radius 1 is 1.08 bits per heavy atom. The Kier molecular flexibility index (Phi) is 6.84. The van der Waals surface area contributed by atoms with E-state index in [1.54, 1.807) is 6.08 Å². The van der Waals surface area contributed by atoms with Crippen molar-refractivity contribution in [2.75, 3.05) is 6.61 Å². The quantitative estimate of drug-likeness (QED) is 0.353. The third-order valence-corrected chi connectivity index (χ3v) is 3.53. The topological polar surface area (TPSA) is 52.3 Å². The van der Waals surface area contributed by atoms with E-state index >= 15 is 0 Å². The van der Waals surface area contributed by atoms with E-state index in [-0.39, 0.29) is 5.97 Å². The monoisotopic (exact) mass is 321 g/mol. The fourth-order valence-electron chi connectivity index (χ4n) is 2.23. The zero-order valence-electron chi connectivity index (χ0n) is 13.9. The molecule has 0 bridgehead atoms. The van der Waals surface area contributed by atoms with Crippen LogP contribution in [0.4, 0.5) is 0 Å². The molecule has 2 aromatic rings. The van der Waals surface area contributed by atoms with Crippen LogP contribution in [0.25, 0.3) is 17.8 Å². The van der Waals surface area contributed by atoms with Gasteiger partial charge < -0.3 is 10.5 Å². The summed E-state index contributed by atoms with van der Waals surface area (Å²) in [5.74, 6) is -0.330. The van der Waals surface area contributed by atoms with Gasteiger partial charge in [0.2, 0.25) is 0 Å². The number of unbranched alkanes of at least 4 members (excludes halogenated alkanes) is 1. The highest BCUT2D eigenvalue weighted by molar-refractivity contribution is 5.90. The number of esters is 1. The smallest absolute Gasteiger partial charge is 0.330 e. The molecule has 2 rings (SSSR count). The predicted molar refractivity (Wildman–Crippen MR) is 99.8 cm³/mol. The van der Waals surface area contributed by atoms with E-state index in [1.165, 1.54) is 6.08 Å². The molecule has 0 heterocycles. The number of hydrogen-bond donors (Lipinski definition) is 1. The van der Waals surface area contributed by atoms with E-state index < -0.39 is 0 Å². The molecule has 0 spiro atoms. The fraction of sp³-hybridized carbons (Fsp3) is 0.190. The Morgan fingerprint density at radius 3 is 2.54 bits per heavy atom. The maximum absolute atomic E-state index is 11.7. The minimum atomic E-state index is -0.330. The second-order valence-electron chi connectivity index (χ2n) is 5.45. The normalized spacial score (nSPS) is 11.6. The average Bonchev–Trinajstić information content (AvgIpc) is 2.61. The lowest BCUT2D eigenvalue weighted by Gasteiger charge is -2.07. The van der Waals surface area contributed by atoms with Crippen molar-refractivity contribution in [1.82, 2.24) is 0 Å². The molecule has 0 atom stereocenters. The van der Waals surface area contributed by atoms with E-state index in [0.717, 1.165) is 29.5 Å². The van der Waals surface area contributed by atoms with Gasteiger partial charge in [0.15, 0.2) is 0 Å². The summed E-state index contributed by atoms with van der Waals surface area (Å²) in [4.78, 5) is 11.7. The number of hydrogen-bond acceptors (Lipinski definition) is 3. The van der Waals surface area contributed by atoms with E-state index in [4.69, 9.17) is 10.5 Å². The first kappa shape index (κ1) is 17.5. The van der Waals surface area contributed by atoms with Crippen LogP contribution in [-0.2, 0) is 9.53 Å². The van der Waals surface area contributed by atoms with Gasteiger partial charge in [0, 0.05) is 17.3 Å². The van der Waals surface area contributed by atoms with Gasteiger partial charge in [-0.1, -0.05) is 67.9 Å². The summed E-state index contributed by atoms with van der Waals surface area (Å²) in [5, 5.41) is 0. The Balaban J connectivity index is 2.15. The first-order valence-electron chi connectivity index (χ1n) is 8.17.